The van der Waals surface area contributed by atoms with Crippen LogP contribution in [0.1, 0.15) is 33.6 Å². The molecule has 0 spiro atoms. The predicted molar refractivity (Wildman–Crippen MR) is 68.8 cm³/mol. The van der Waals surface area contributed by atoms with Gasteiger partial charge in [0.1, 0.15) is 0 Å². The van der Waals surface area contributed by atoms with Crippen LogP contribution in [0.2, 0.25) is 0 Å². The Morgan fingerprint density at radius 3 is 2.19 bits per heavy atom. The molecule has 1 N–H and O–H groups in total. The molecular formula is C13H28N2O. The van der Waals surface area contributed by atoms with Crippen LogP contribution < -0.4 is 5.32 Å². The Balaban J connectivity index is 2.45. The Labute approximate surface area is 101 Å². The van der Waals surface area contributed by atoms with Gasteiger partial charge in [-0.05, 0) is 32.4 Å². The molecule has 0 amide bonds. The van der Waals surface area contributed by atoms with Gasteiger partial charge in [-0.2, -0.15) is 0 Å². The molecular weight excluding hydrogens is 200 g/mol. The van der Waals surface area contributed by atoms with Gasteiger partial charge in [-0.3, -0.25) is 0 Å². The van der Waals surface area contributed by atoms with Crippen LogP contribution in [0.3, 0.4) is 0 Å². The number of rotatable bonds is 4. The molecule has 0 radical (unpaired) electrons. The van der Waals surface area contributed by atoms with Gasteiger partial charge < -0.3 is 15.0 Å². The maximum Gasteiger partial charge on any atom is 0.0484 e. The first-order chi connectivity index (χ1) is 7.36. The molecule has 0 saturated carbocycles. The summed E-state index contributed by atoms with van der Waals surface area (Å²) in [6.07, 6.45) is 2.27. The van der Waals surface area contributed by atoms with Crippen molar-refractivity contribution in [1.82, 2.24) is 10.2 Å². The molecule has 0 aromatic rings. The van der Waals surface area contributed by atoms with Gasteiger partial charge in [0.25, 0.3) is 0 Å². The van der Waals surface area contributed by atoms with Crippen LogP contribution in [0.5, 0.6) is 0 Å². The quantitative estimate of drug-likeness (QED) is 0.793. The van der Waals surface area contributed by atoms with Crippen LogP contribution in [0, 0.1) is 5.41 Å². The van der Waals surface area contributed by atoms with Crippen molar-refractivity contribution in [2.24, 2.45) is 5.41 Å². The average Bonchev–Trinajstić information content (AvgIpc) is 2.17. The van der Waals surface area contributed by atoms with E-state index < -0.39 is 0 Å². The number of hydrogen-bond donors (Lipinski definition) is 1. The Bertz CT molecular complexity index is 202. The smallest absolute Gasteiger partial charge is 0.0484 e. The van der Waals surface area contributed by atoms with Crippen molar-refractivity contribution in [3.63, 3.8) is 0 Å². The van der Waals surface area contributed by atoms with Crippen LogP contribution in [-0.2, 0) is 4.74 Å². The molecule has 1 heterocycles. The summed E-state index contributed by atoms with van der Waals surface area (Å²) < 4.78 is 5.47. The second-order valence-electron chi connectivity index (χ2n) is 6.40. The molecule has 96 valence electrons. The topological polar surface area (TPSA) is 24.5 Å². The molecule has 0 aromatic carbocycles. The van der Waals surface area contributed by atoms with E-state index in [4.69, 9.17) is 4.74 Å². The Morgan fingerprint density at radius 2 is 1.75 bits per heavy atom. The predicted octanol–water partition coefficient (Wildman–Crippen LogP) is 1.73. The van der Waals surface area contributed by atoms with Gasteiger partial charge in [0, 0.05) is 31.8 Å². The molecule has 3 heteroatoms. The van der Waals surface area contributed by atoms with Crippen molar-refractivity contribution in [2.45, 2.75) is 39.2 Å². The monoisotopic (exact) mass is 228 g/mol. The summed E-state index contributed by atoms with van der Waals surface area (Å²) in [6, 6.07) is 0. The van der Waals surface area contributed by atoms with Gasteiger partial charge in [-0.1, -0.05) is 20.8 Å². The minimum Gasteiger partial charge on any atom is -0.381 e. The normalized spacial score (nSPS) is 21.4. The summed E-state index contributed by atoms with van der Waals surface area (Å²) >= 11 is 0. The van der Waals surface area contributed by atoms with Gasteiger partial charge in [-0.15, -0.1) is 0 Å². The number of ether oxygens (including phenoxy) is 1. The van der Waals surface area contributed by atoms with E-state index in [1.165, 1.54) is 0 Å². The lowest BCUT2D eigenvalue weighted by atomic mass is 9.88. The SMILES string of the molecule is CN(C)C1(CNCC(C)(C)C)CCOCC1. The number of hydrogen-bond acceptors (Lipinski definition) is 3. The van der Waals surface area contributed by atoms with Crippen molar-refractivity contribution in [3.8, 4) is 0 Å². The van der Waals surface area contributed by atoms with Gasteiger partial charge in [0.2, 0.25) is 0 Å². The summed E-state index contributed by atoms with van der Waals surface area (Å²) in [5.41, 5.74) is 0.655. The van der Waals surface area contributed by atoms with Crippen LogP contribution in [0.4, 0.5) is 0 Å². The van der Waals surface area contributed by atoms with E-state index in [2.05, 4.69) is 45.1 Å². The molecule has 1 fully saturated rings. The van der Waals surface area contributed by atoms with E-state index >= 15 is 0 Å². The number of nitrogens with one attached hydrogen (secondary N) is 1. The maximum atomic E-state index is 5.47. The highest BCUT2D eigenvalue weighted by molar-refractivity contribution is 4.92. The highest BCUT2D eigenvalue weighted by Crippen LogP contribution is 2.25. The summed E-state index contributed by atoms with van der Waals surface area (Å²) in [5, 5.41) is 3.62. The van der Waals surface area contributed by atoms with Crippen LogP contribution in [0.25, 0.3) is 0 Å². The third kappa shape index (κ3) is 4.04. The maximum absolute atomic E-state index is 5.47. The third-order valence-corrected chi connectivity index (χ3v) is 3.48. The highest BCUT2D eigenvalue weighted by Gasteiger charge is 2.34. The van der Waals surface area contributed by atoms with E-state index in [0.717, 1.165) is 39.1 Å². The van der Waals surface area contributed by atoms with Crippen molar-refractivity contribution >= 4 is 0 Å². The number of nitrogens with zero attached hydrogens (tertiary/aromatic N) is 1. The minimum atomic E-state index is 0.295. The molecule has 16 heavy (non-hydrogen) atoms. The first kappa shape index (κ1) is 13.9. The first-order valence-corrected chi connectivity index (χ1v) is 6.32. The van der Waals surface area contributed by atoms with E-state index in [-0.39, 0.29) is 0 Å². The second-order valence-corrected chi connectivity index (χ2v) is 6.40. The lowest BCUT2D eigenvalue weighted by Gasteiger charge is -2.43. The van der Waals surface area contributed by atoms with E-state index in [9.17, 15) is 0 Å². The molecule has 0 bridgehead atoms. The summed E-state index contributed by atoms with van der Waals surface area (Å²) in [6.45, 7) is 10.7. The van der Waals surface area contributed by atoms with E-state index in [1.807, 2.05) is 0 Å². The van der Waals surface area contributed by atoms with Crippen molar-refractivity contribution in [3.05, 3.63) is 0 Å². The number of likely N-dealkylation sites (N-methyl/N-ethyl adjacent to an activating group) is 1. The highest BCUT2D eigenvalue weighted by atomic mass is 16.5. The molecule has 1 aliphatic heterocycles. The van der Waals surface area contributed by atoms with Gasteiger partial charge in [0.05, 0.1) is 0 Å². The van der Waals surface area contributed by atoms with Gasteiger partial charge in [-0.25, -0.2) is 0 Å². The first-order valence-electron chi connectivity index (χ1n) is 6.32. The lowest BCUT2D eigenvalue weighted by molar-refractivity contribution is -0.00773. The summed E-state index contributed by atoms with van der Waals surface area (Å²) in [5.74, 6) is 0. The zero-order valence-corrected chi connectivity index (χ0v) is 11.6. The Kier molecular flexibility index (Phi) is 4.77. The minimum absolute atomic E-state index is 0.295. The zero-order chi connectivity index (χ0) is 12.2. The molecule has 3 nitrogen and oxygen atoms in total. The van der Waals surface area contributed by atoms with Gasteiger partial charge >= 0.3 is 0 Å². The Morgan fingerprint density at radius 1 is 1.19 bits per heavy atom. The van der Waals surface area contributed by atoms with E-state index in [0.29, 0.717) is 11.0 Å². The van der Waals surface area contributed by atoms with Crippen molar-refractivity contribution in [2.75, 3.05) is 40.4 Å². The Hall–Kier alpha value is -0.120. The van der Waals surface area contributed by atoms with E-state index in [1.54, 1.807) is 0 Å². The fraction of sp³-hybridized carbons (Fsp3) is 1.00. The average molecular weight is 228 g/mol. The van der Waals surface area contributed by atoms with Crippen LogP contribution >= 0.6 is 0 Å². The molecule has 0 aromatic heterocycles. The zero-order valence-electron chi connectivity index (χ0n) is 11.6. The molecule has 1 aliphatic rings. The molecule has 0 unspecified atom stereocenters. The third-order valence-electron chi connectivity index (χ3n) is 3.48. The molecule has 0 aliphatic carbocycles. The van der Waals surface area contributed by atoms with Crippen molar-refractivity contribution in [1.29, 1.82) is 0 Å². The molecule has 0 atom stereocenters. The summed E-state index contributed by atoms with van der Waals surface area (Å²) in [7, 11) is 4.37. The van der Waals surface area contributed by atoms with Crippen molar-refractivity contribution < 1.29 is 4.74 Å². The molecule has 1 saturated heterocycles. The second kappa shape index (κ2) is 5.48. The van der Waals surface area contributed by atoms with Crippen LogP contribution in [0.15, 0.2) is 0 Å². The lowest BCUT2D eigenvalue weighted by Crippen LogP contribution is -2.55. The van der Waals surface area contributed by atoms with Crippen LogP contribution in [-0.4, -0.2) is 50.8 Å². The standard InChI is InChI=1S/C13H28N2O/c1-12(2,3)10-14-11-13(15(4)5)6-8-16-9-7-13/h14H,6-11H2,1-5H3. The summed E-state index contributed by atoms with van der Waals surface area (Å²) in [4.78, 5) is 2.37. The largest absolute Gasteiger partial charge is 0.381 e. The fourth-order valence-electron chi connectivity index (χ4n) is 2.20. The molecule has 1 rings (SSSR count). The van der Waals surface area contributed by atoms with Gasteiger partial charge in [0.15, 0.2) is 0 Å². The fourth-order valence-corrected chi connectivity index (χ4v) is 2.20.